The Hall–Kier alpha value is -1.65. The largest absolute Gasteiger partial charge is 0.356 e. The van der Waals surface area contributed by atoms with E-state index in [-0.39, 0.29) is 0 Å². The molecule has 4 rings (SSSR count). The molecule has 0 spiro atoms. The van der Waals surface area contributed by atoms with Crippen LogP contribution in [0.15, 0.2) is 6.20 Å². The lowest BCUT2D eigenvalue weighted by Gasteiger charge is -2.25. The highest BCUT2D eigenvalue weighted by Gasteiger charge is 2.23. The molecule has 0 amide bonds. The third kappa shape index (κ3) is 2.93. The van der Waals surface area contributed by atoms with Crippen molar-refractivity contribution in [3.8, 4) is 0 Å². The van der Waals surface area contributed by atoms with Crippen LogP contribution in [-0.2, 0) is 7.05 Å². The molecule has 2 aromatic heterocycles. The first-order valence-electron chi connectivity index (χ1n) is 9.27. The van der Waals surface area contributed by atoms with Crippen LogP contribution in [-0.4, -0.2) is 32.8 Å². The number of aryl methyl sites for hydroxylation is 1. The summed E-state index contributed by atoms with van der Waals surface area (Å²) in [5, 5.41) is 5.57. The third-order valence-electron chi connectivity index (χ3n) is 5.47. The van der Waals surface area contributed by atoms with E-state index >= 15 is 0 Å². The Morgan fingerprint density at radius 1 is 0.913 bits per heavy atom. The van der Waals surface area contributed by atoms with Gasteiger partial charge >= 0.3 is 0 Å². The summed E-state index contributed by atoms with van der Waals surface area (Å²) in [5.41, 5.74) is 1.000. The number of anilines is 1. The molecule has 23 heavy (non-hydrogen) atoms. The van der Waals surface area contributed by atoms with Gasteiger partial charge in [-0.3, -0.25) is 4.68 Å². The average molecular weight is 313 g/mol. The van der Waals surface area contributed by atoms with Gasteiger partial charge in [0, 0.05) is 26.1 Å². The van der Waals surface area contributed by atoms with Crippen molar-refractivity contribution >= 4 is 16.9 Å². The predicted octanol–water partition coefficient (Wildman–Crippen LogP) is 3.79. The summed E-state index contributed by atoms with van der Waals surface area (Å²) >= 11 is 0. The lowest BCUT2D eigenvalue weighted by molar-refractivity contribution is 0.429. The van der Waals surface area contributed by atoms with Crippen LogP contribution < -0.4 is 4.90 Å². The summed E-state index contributed by atoms with van der Waals surface area (Å²) in [7, 11) is 1.99. The van der Waals surface area contributed by atoms with Crippen molar-refractivity contribution in [1.82, 2.24) is 19.7 Å². The van der Waals surface area contributed by atoms with E-state index in [0.29, 0.717) is 5.92 Å². The molecule has 1 saturated carbocycles. The van der Waals surface area contributed by atoms with Crippen LogP contribution in [0.2, 0.25) is 0 Å². The van der Waals surface area contributed by atoms with Crippen LogP contribution in [0.1, 0.15) is 69.5 Å². The van der Waals surface area contributed by atoms with Crippen LogP contribution in [0.4, 0.5) is 5.82 Å². The van der Waals surface area contributed by atoms with Gasteiger partial charge in [0.05, 0.1) is 11.6 Å². The van der Waals surface area contributed by atoms with Gasteiger partial charge in [0.25, 0.3) is 0 Å². The van der Waals surface area contributed by atoms with Gasteiger partial charge in [0.2, 0.25) is 0 Å². The minimum absolute atomic E-state index is 0.536. The SMILES string of the molecule is Cn1ncc2c(N3CCCCCC3)nc(C3CCCCC3)nc21. The van der Waals surface area contributed by atoms with E-state index < -0.39 is 0 Å². The molecular formula is C18H27N5. The molecule has 0 bridgehead atoms. The number of aromatic nitrogens is 4. The number of nitrogens with zero attached hydrogens (tertiary/aromatic N) is 5. The van der Waals surface area contributed by atoms with Crippen LogP contribution in [0.25, 0.3) is 11.0 Å². The molecule has 0 aromatic carbocycles. The lowest BCUT2D eigenvalue weighted by atomic mass is 9.88. The fourth-order valence-corrected chi connectivity index (χ4v) is 4.09. The summed E-state index contributed by atoms with van der Waals surface area (Å²) < 4.78 is 1.91. The van der Waals surface area contributed by atoms with Crippen molar-refractivity contribution in [1.29, 1.82) is 0 Å². The van der Waals surface area contributed by atoms with E-state index in [1.54, 1.807) is 0 Å². The van der Waals surface area contributed by atoms with Crippen LogP contribution in [0, 0.1) is 0 Å². The van der Waals surface area contributed by atoms with Crippen molar-refractivity contribution < 1.29 is 0 Å². The number of rotatable bonds is 2. The normalized spacial score (nSPS) is 20.8. The summed E-state index contributed by atoms with van der Waals surface area (Å²) in [4.78, 5) is 12.4. The minimum Gasteiger partial charge on any atom is -0.356 e. The molecule has 2 aliphatic rings. The quantitative estimate of drug-likeness (QED) is 0.846. The smallest absolute Gasteiger partial charge is 0.163 e. The first-order valence-corrected chi connectivity index (χ1v) is 9.27. The second-order valence-corrected chi connectivity index (χ2v) is 7.15. The minimum atomic E-state index is 0.536. The summed E-state index contributed by atoms with van der Waals surface area (Å²) in [6, 6.07) is 0. The molecule has 3 heterocycles. The van der Waals surface area contributed by atoms with Gasteiger partial charge in [0.15, 0.2) is 5.65 Å². The van der Waals surface area contributed by atoms with E-state index in [1.165, 1.54) is 57.8 Å². The van der Waals surface area contributed by atoms with Gasteiger partial charge < -0.3 is 4.90 Å². The van der Waals surface area contributed by atoms with Crippen molar-refractivity contribution in [2.75, 3.05) is 18.0 Å². The molecule has 1 saturated heterocycles. The van der Waals surface area contributed by atoms with Crippen LogP contribution in [0.5, 0.6) is 0 Å². The van der Waals surface area contributed by atoms with E-state index in [2.05, 4.69) is 10.00 Å². The molecule has 0 N–H and O–H groups in total. The fraction of sp³-hybridized carbons (Fsp3) is 0.722. The van der Waals surface area contributed by atoms with Gasteiger partial charge in [-0.2, -0.15) is 5.10 Å². The fourth-order valence-electron chi connectivity index (χ4n) is 4.09. The van der Waals surface area contributed by atoms with Gasteiger partial charge in [-0.25, -0.2) is 9.97 Å². The van der Waals surface area contributed by atoms with Gasteiger partial charge in [-0.15, -0.1) is 0 Å². The highest BCUT2D eigenvalue weighted by atomic mass is 15.3. The summed E-state index contributed by atoms with van der Waals surface area (Å²) in [6.45, 7) is 2.23. The van der Waals surface area contributed by atoms with Crippen molar-refractivity contribution in [2.45, 2.75) is 63.7 Å². The Kier molecular flexibility index (Phi) is 4.19. The molecule has 2 fully saturated rings. The summed E-state index contributed by atoms with van der Waals surface area (Å²) in [5.74, 6) is 2.72. The maximum absolute atomic E-state index is 5.06. The van der Waals surface area contributed by atoms with Crippen molar-refractivity contribution in [2.24, 2.45) is 7.05 Å². The number of hydrogen-bond donors (Lipinski definition) is 0. The first-order chi connectivity index (χ1) is 11.3. The molecule has 1 aliphatic heterocycles. The molecular weight excluding hydrogens is 286 g/mol. The average Bonchev–Trinajstić information content (AvgIpc) is 2.81. The monoisotopic (exact) mass is 313 g/mol. The van der Waals surface area contributed by atoms with Crippen LogP contribution >= 0.6 is 0 Å². The molecule has 1 aliphatic carbocycles. The highest BCUT2D eigenvalue weighted by Crippen LogP contribution is 2.34. The third-order valence-corrected chi connectivity index (χ3v) is 5.47. The van der Waals surface area contributed by atoms with Gasteiger partial charge in [-0.05, 0) is 25.7 Å². The van der Waals surface area contributed by atoms with Crippen LogP contribution in [0.3, 0.4) is 0 Å². The molecule has 124 valence electrons. The zero-order chi connectivity index (χ0) is 15.6. The van der Waals surface area contributed by atoms with E-state index in [0.717, 1.165) is 35.8 Å². The Labute approximate surface area is 138 Å². The highest BCUT2D eigenvalue weighted by molar-refractivity contribution is 5.87. The summed E-state index contributed by atoms with van der Waals surface area (Å²) in [6.07, 6.45) is 13.6. The maximum atomic E-state index is 5.06. The second-order valence-electron chi connectivity index (χ2n) is 7.15. The predicted molar refractivity (Wildman–Crippen MR) is 92.8 cm³/mol. The van der Waals surface area contributed by atoms with E-state index in [9.17, 15) is 0 Å². The van der Waals surface area contributed by atoms with Gasteiger partial charge in [0.1, 0.15) is 11.6 Å². The van der Waals surface area contributed by atoms with Crippen molar-refractivity contribution in [3.05, 3.63) is 12.0 Å². The Morgan fingerprint density at radius 3 is 2.35 bits per heavy atom. The number of fused-ring (bicyclic) bond motifs is 1. The van der Waals surface area contributed by atoms with E-state index in [1.807, 2.05) is 17.9 Å². The maximum Gasteiger partial charge on any atom is 0.163 e. The lowest BCUT2D eigenvalue weighted by Crippen LogP contribution is -2.26. The topological polar surface area (TPSA) is 46.8 Å². The Bertz CT molecular complexity index is 663. The molecule has 0 atom stereocenters. The first kappa shape index (κ1) is 14.9. The zero-order valence-electron chi connectivity index (χ0n) is 14.2. The second kappa shape index (κ2) is 6.46. The molecule has 2 aromatic rings. The standard InChI is InChI=1S/C18H27N5/c1-22-17-15(13-19-22)18(23-11-7-2-3-8-12-23)21-16(20-17)14-9-5-4-6-10-14/h13-14H,2-12H2,1H3. The number of hydrogen-bond acceptors (Lipinski definition) is 4. The Balaban J connectivity index is 1.77. The molecule has 0 unspecified atom stereocenters. The zero-order valence-corrected chi connectivity index (χ0v) is 14.2. The van der Waals surface area contributed by atoms with Gasteiger partial charge in [-0.1, -0.05) is 32.1 Å². The van der Waals surface area contributed by atoms with E-state index in [4.69, 9.17) is 9.97 Å². The molecule has 0 radical (unpaired) electrons. The molecule has 5 heteroatoms. The van der Waals surface area contributed by atoms with Crippen molar-refractivity contribution in [3.63, 3.8) is 0 Å². The molecule has 5 nitrogen and oxygen atoms in total. The Morgan fingerprint density at radius 2 is 1.61 bits per heavy atom.